The summed E-state index contributed by atoms with van der Waals surface area (Å²) >= 11 is 0. The second-order valence-electron chi connectivity index (χ2n) is 11.8. The summed E-state index contributed by atoms with van der Waals surface area (Å²) in [6, 6.07) is 54.1. The fourth-order valence-corrected chi connectivity index (χ4v) is 7.37. The normalized spacial score (nSPS) is 12.0. The van der Waals surface area contributed by atoms with Crippen LogP contribution in [0.1, 0.15) is 0 Å². The maximum absolute atomic E-state index is 5.36. The zero-order chi connectivity index (χ0) is 29.5. The zero-order valence-corrected chi connectivity index (χ0v) is 24.3. The van der Waals surface area contributed by atoms with Crippen LogP contribution in [0.15, 0.2) is 152 Å². The van der Waals surface area contributed by atoms with E-state index >= 15 is 0 Å². The molecule has 1 aliphatic carbocycles. The molecule has 7 aromatic carbocycles. The second kappa shape index (κ2) is 9.22. The number of aromatic nitrogens is 3. The molecule has 0 radical (unpaired) electrons. The minimum atomic E-state index is 0.836. The van der Waals surface area contributed by atoms with Crippen molar-refractivity contribution < 1.29 is 0 Å². The summed E-state index contributed by atoms with van der Waals surface area (Å²) in [5.74, 6) is 0.836. The lowest BCUT2D eigenvalue weighted by molar-refractivity contribution is 1.08. The molecule has 9 aromatic rings. The molecule has 0 amide bonds. The molecular weight excluding hydrogens is 546 g/mol. The molecule has 0 aliphatic heterocycles. The molecule has 0 unspecified atom stereocenters. The maximum Gasteiger partial charge on any atom is 0.165 e. The number of hydrogen-bond acceptors (Lipinski definition) is 2. The summed E-state index contributed by atoms with van der Waals surface area (Å²) in [6.45, 7) is 0. The summed E-state index contributed by atoms with van der Waals surface area (Å²) < 4.78 is 2.34. The summed E-state index contributed by atoms with van der Waals surface area (Å²) in [6.07, 6.45) is 0. The lowest BCUT2D eigenvalue weighted by atomic mass is 9.93. The molecule has 0 bridgehead atoms. The van der Waals surface area contributed by atoms with E-state index in [1.165, 1.54) is 54.9 Å². The van der Waals surface area contributed by atoms with Gasteiger partial charge in [-0.05, 0) is 68.4 Å². The Labute approximate surface area is 259 Å². The van der Waals surface area contributed by atoms with Gasteiger partial charge in [0.15, 0.2) is 5.82 Å². The number of nitrogens with zero attached hydrogens (tertiary/aromatic N) is 3. The van der Waals surface area contributed by atoms with Crippen LogP contribution < -0.4 is 0 Å². The predicted molar refractivity (Wildman–Crippen MR) is 187 cm³/mol. The SMILES string of the molecule is c1ccc(-c2ccc(-c3nc4ccccc4nc3-n3c4cccc5c4c4c(cccc43)-c3cccc4cccc-5c34)cc2)cc1. The van der Waals surface area contributed by atoms with Gasteiger partial charge in [-0.3, -0.25) is 4.57 Å². The highest BCUT2D eigenvalue weighted by molar-refractivity contribution is 6.27. The van der Waals surface area contributed by atoms with Crippen LogP contribution in [0.4, 0.5) is 0 Å². The van der Waals surface area contributed by atoms with Crippen LogP contribution in [0, 0.1) is 0 Å². The third kappa shape index (κ3) is 3.46. The van der Waals surface area contributed by atoms with Crippen LogP contribution in [0.25, 0.3) is 94.1 Å². The zero-order valence-electron chi connectivity index (χ0n) is 24.3. The summed E-state index contributed by atoms with van der Waals surface area (Å²) in [5.41, 5.74) is 13.3. The molecule has 45 heavy (non-hydrogen) atoms. The van der Waals surface area contributed by atoms with Gasteiger partial charge < -0.3 is 0 Å². The Morgan fingerprint density at radius 1 is 0.356 bits per heavy atom. The third-order valence-electron chi connectivity index (χ3n) is 9.33. The van der Waals surface area contributed by atoms with Crippen molar-refractivity contribution in [2.75, 3.05) is 0 Å². The van der Waals surface area contributed by atoms with Crippen molar-refractivity contribution in [2.45, 2.75) is 0 Å². The minimum Gasteiger partial charge on any atom is -0.292 e. The van der Waals surface area contributed by atoms with Gasteiger partial charge in [-0.25, -0.2) is 9.97 Å². The second-order valence-corrected chi connectivity index (χ2v) is 11.8. The molecule has 0 atom stereocenters. The fraction of sp³-hybridized carbons (Fsp3) is 0. The molecule has 10 rings (SSSR count). The quantitative estimate of drug-likeness (QED) is 0.211. The van der Waals surface area contributed by atoms with E-state index in [1.54, 1.807) is 0 Å². The number of para-hydroxylation sites is 2. The first-order valence-electron chi connectivity index (χ1n) is 15.4. The van der Waals surface area contributed by atoms with Gasteiger partial charge in [0, 0.05) is 16.3 Å². The molecule has 2 heterocycles. The molecule has 0 N–H and O–H groups in total. The highest BCUT2D eigenvalue weighted by atomic mass is 15.1. The Morgan fingerprint density at radius 3 is 1.47 bits per heavy atom. The molecule has 3 nitrogen and oxygen atoms in total. The molecule has 0 fully saturated rings. The number of rotatable bonds is 3. The van der Waals surface area contributed by atoms with Crippen molar-refractivity contribution in [3.05, 3.63) is 152 Å². The monoisotopic (exact) mass is 571 g/mol. The van der Waals surface area contributed by atoms with Gasteiger partial charge in [0.1, 0.15) is 5.69 Å². The van der Waals surface area contributed by atoms with E-state index < -0.39 is 0 Å². The lowest BCUT2D eigenvalue weighted by Gasteiger charge is -2.15. The molecule has 0 saturated heterocycles. The summed E-state index contributed by atoms with van der Waals surface area (Å²) in [4.78, 5) is 10.6. The van der Waals surface area contributed by atoms with E-state index in [-0.39, 0.29) is 0 Å². The van der Waals surface area contributed by atoms with Gasteiger partial charge in [-0.15, -0.1) is 0 Å². The van der Waals surface area contributed by atoms with Gasteiger partial charge in [0.2, 0.25) is 0 Å². The number of fused-ring (bicyclic) bond motifs is 3. The van der Waals surface area contributed by atoms with Gasteiger partial charge in [0.25, 0.3) is 0 Å². The minimum absolute atomic E-state index is 0.836. The molecule has 3 heteroatoms. The third-order valence-corrected chi connectivity index (χ3v) is 9.33. The topological polar surface area (TPSA) is 30.7 Å². The summed E-state index contributed by atoms with van der Waals surface area (Å²) in [7, 11) is 0. The molecule has 0 saturated carbocycles. The van der Waals surface area contributed by atoms with Crippen molar-refractivity contribution in [3.8, 4) is 50.5 Å². The standard InChI is InChI=1S/C42H25N3/c1-2-10-26(11-3-1)27-22-24-29(25-23-27)41-42(44-35-19-5-4-18-34(35)43-41)45-36-20-8-16-32-30-14-6-12-28-13-7-15-31(38(28)30)33-17-9-21-37(45)40(33)39(32)36/h1-25H. The Balaban J connectivity index is 1.31. The lowest BCUT2D eigenvalue weighted by Crippen LogP contribution is -2.04. The molecule has 1 aliphatic rings. The average Bonchev–Trinajstić information content (AvgIpc) is 3.39. The molecule has 0 spiro atoms. The van der Waals surface area contributed by atoms with Crippen molar-refractivity contribution in [3.63, 3.8) is 0 Å². The Kier molecular flexibility index (Phi) is 5.00. The number of benzene rings is 7. The molecule has 208 valence electrons. The van der Waals surface area contributed by atoms with E-state index in [0.29, 0.717) is 0 Å². The van der Waals surface area contributed by atoms with Crippen molar-refractivity contribution in [1.82, 2.24) is 14.5 Å². The highest BCUT2D eigenvalue weighted by Crippen LogP contribution is 2.49. The van der Waals surface area contributed by atoms with Crippen LogP contribution in [-0.2, 0) is 0 Å². The van der Waals surface area contributed by atoms with Crippen molar-refractivity contribution in [2.24, 2.45) is 0 Å². The van der Waals surface area contributed by atoms with Gasteiger partial charge in [-0.2, -0.15) is 0 Å². The Hall–Kier alpha value is -6.06. The Morgan fingerprint density at radius 2 is 0.844 bits per heavy atom. The predicted octanol–water partition coefficient (Wildman–Crippen LogP) is 10.9. The first kappa shape index (κ1) is 24.4. The first-order chi connectivity index (χ1) is 22.3. The van der Waals surface area contributed by atoms with Crippen LogP contribution in [-0.4, -0.2) is 14.5 Å². The summed E-state index contributed by atoms with van der Waals surface area (Å²) in [5, 5.41) is 5.09. The Bertz CT molecular complexity index is 2530. The highest BCUT2D eigenvalue weighted by Gasteiger charge is 2.26. The number of hydrogen-bond donors (Lipinski definition) is 0. The van der Waals surface area contributed by atoms with Crippen LogP contribution >= 0.6 is 0 Å². The average molecular weight is 572 g/mol. The smallest absolute Gasteiger partial charge is 0.165 e. The fourth-order valence-electron chi connectivity index (χ4n) is 7.37. The van der Waals surface area contributed by atoms with Crippen molar-refractivity contribution in [1.29, 1.82) is 0 Å². The first-order valence-corrected chi connectivity index (χ1v) is 15.4. The van der Waals surface area contributed by atoms with E-state index in [4.69, 9.17) is 9.97 Å². The van der Waals surface area contributed by atoms with E-state index in [0.717, 1.165) is 39.1 Å². The molecule has 2 aromatic heterocycles. The van der Waals surface area contributed by atoms with E-state index in [2.05, 4.69) is 138 Å². The van der Waals surface area contributed by atoms with Gasteiger partial charge in [-0.1, -0.05) is 127 Å². The van der Waals surface area contributed by atoms with E-state index in [1.807, 2.05) is 18.2 Å². The van der Waals surface area contributed by atoms with E-state index in [9.17, 15) is 0 Å². The van der Waals surface area contributed by atoms with Crippen LogP contribution in [0.5, 0.6) is 0 Å². The van der Waals surface area contributed by atoms with Crippen LogP contribution in [0.3, 0.4) is 0 Å². The van der Waals surface area contributed by atoms with Crippen molar-refractivity contribution >= 4 is 43.6 Å². The van der Waals surface area contributed by atoms with Crippen LogP contribution in [0.2, 0.25) is 0 Å². The largest absolute Gasteiger partial charge is 0.292 e. The molecular formula is C42H25N3. The maximum atomic E-state index is 5.36. The van der Waals surface area contributed by atoms with Gasteiger partial charge in [0.05, 0.1) is 22.1 Å². The van der Waals surface area contributed by atoms with Gasteiger partial charge >= 0.3 is 0 Å².